The topological polar surface area (TPSA) is 141 Å². The molecule has 3 aromatic rings. The summed E-state index contributed by atoms with van der Waals surface area (Å²) in [6.45, 7) is 0. The number of rotatable bonds is 6. The highest BCUT2D eigenvalue weighted by Crippen LogP contribution is 2.45. The van der Waals surface area contributed by atoms with Gasteiger partial charge < -0.3 is 20.8 Å². The molecule has 3 unspecified atom stereocenters. The second kappa shape index (κ2) is 7.53. The summed E-state index contributed by atoms with van der Waals surface area (Å²) in [5.41, 5.74) is 6.29. The Morgan fingerprint density at radius 3 is 2.90 bits per heavy atom. The molecule has 2 bridgehead atoms. The molecule has 0 aliphatic heterocycles. The Morgan fingerprint density at radius 2 is 2.16 bits per heavy atom. The predicted octanol–water partition coefficient (Wildman–Crippen LogP) is 2.42. The number of aryl methyl sites for hydroxylation is 1. The van der Waals surface area contributed by atoms with Crippen LogP contribution in [0.2, 0.25) is 0 Å². The van der Waals surface area contributed by atoms with Crippen LogP contribution in [0.25, 0.3) is 11.5 Å². The van der Waals surface area contributed by atoms with Crippen LogP contribution in [0, 0.1) is 11.8 Å². The van der Waals surface area contributed by atoms with Gasteiger partial charge in [0.15, 0.2) is 11.4 Å². The molecule has 2 amide bonds. The molecule has 4 N–H and O–H groups in total. The number of hydrogen-bond acceptors (Lipinski definition) is 7. The van der Waals surface area contributed by atoms with Crippen molar-refractivity contribution >= 4 is 23.3 Å². The molecule has 3 atom stereocenters. The van der Waals surface area contributed by atoms with E-state index in [4.69, 9.17) is 10.2 Å². The second-order valence-electron chi connectivity index (χ2n) is 8.28. The Bertz CT molecular complexity index is 1150. The first-order valence-electron chi connectivity index (χ1n) is 10.3. The van der Waals surface area contributed by atoms with Crippen LogP contribution in [-0.2, 0) is 7.05 Å². The number of hydrogen-bond donors (Lipinski definition) is 3. The highest BCUT2D eigenvalue weighted by molar-refractivity contribution is 6.07. The van der Waals surface area contributed by atoms with E-state index in [0.717, 1.165) is 23.2 Å². The number of oxazole rings is 1. The molecule has 3 heterocycles. The molecule has 31 heavy (non-hydrogen) atoms. The minimum Gasteiger partial charge on any atom is -0.444 e. The number of carbonyl (C=O) groups excluding carboxylic acids is 2. The molecular formula is C21H23N7O3. The molecule has 0 saturated heterocycles. The van der Waals surface area contributed by atoms with E-state index in [2.05, 4.69) is 25.7 Å². The maximum absolute atomic E-state index is 12.6. The van der Waals surface area contributed by atoms with Crippen molar-refractivity contribution in [2.24, 2.45) is 24.6 Å². The van der Waals surface area contributed by atoms with Crippen LogP contribution in [0.15, 0.2) is 35.2 Å². The molecule has 5 rings (SSSR count). The summed E-state index contributed by atoms with van der Waals surface area (Å²) in [4.78, 5) is 32.8. The standard InChI is InChI=1S/C21H23N7O3/c1-28-9-15(18(27-28)19(22)29)25-20(30)16-10-31-21(26-16)13-4-5-23-17(8-13)24-14-7-11-2-3-12(14)6-11/h4-5,8-12,14H,2-3,6-7H2,1H3,(H2,22,29)(H,23,24)(H,25,30). The van der Waals surface area contributed by atoms with Gasteiger partial charge in [0.1, 0.15) is 12.1 Å². The third-order valence-electron chi connectivity index (χ3n) is 6.13. The maximum atomic E-state index is 12.6. The molecule has 3 aromatic heterocycles. The summed E-state index contributed by atoms with van der Waals surface area (Å²) >= 11 is 0. The van der Waals surface area contributed by atoms with Crippen LogP contribution >= 0.6 is 0 Å². The van der Waals surface area contributed by atoms with Crippen molar-refractivity contribution in [2.75, 3.05) is 10.6 Å². The first-order valence-corrected chi connectivity index (χ1v) is 10.3. The Morgan fingerprint density at radius 1 is 1.29 bits per heavy atom. The number of primary amides is 1. The number of carbonyl (C=O) groups is 2. The van der Waals surface area contributed by atoms with E-state index in [-0.39, 0.29) is 17.1 Å². The quantitative estimate of drug-likeness (QED) is 0.555. The number of nitrogens with two attached hydrogens (primary N) is 1. The van der Waals surface area contributed by atoms with Crippen molar-refractivity contribution in [2.45, 2.75) is 31.7 Å². The minimum atomic E-state index is -0.732. The lowest BCUT2D eigenvalue weighted by molar-refractivity contribution is 0.0995. The number of anilines is 2. The van der Waals surface area contributed by atoms with E-state index in [9.17, 15) is 9.59 Å². The van der Waals surface area contributed by atoms with Crippen molar-refractivity contribution < 1.29 is 14.0 Å². The monoisotopic (exact) mass is 421 g/mol. The van der Waals surface area contributed by atoms with E-state index >= 15 is 0 Å². The zero-order valence-corrected chi connectivity index (χ0v) is 17.0. The molecule has 2 aliphatic rings. The molecule has 0 aromatic carbocycles. The molecule has 0 radical (unpaired) electrons. The molecule has 2 saturated carbocycles. The average Bonchev–Trinajstić information content (AvgIpc) is 3.52. The zero-order valence-electron chi connectivity index (χ0n) is 17.0. The van der Waals surface area contributed by atoms with Crippen LogP contribution in [0.3, 0.4) is 0 Å². The van der Waals surface area contributed by atoms with Gasteiger partial charge in [-0.2, -0.15) is 5.10 Å². The summed E-state index contributed by atoms with van der Waals surface area (Å²) in [7, 11) is 1.63. The smallest absolute Gasteiger partial charge is 0.277 e. The Labute approximate surface area is 178 Å². The van der Waals surface area contributed by atoms with Gasteiger partial charge in [0, 0.05) is 31.0 Å². The zero-order chi connectivity index (χ0) is 21.5. The van der Waals surface area contributed by atoms with E-state index in [1.807, 2.05) is 6.07 Å². The van der Waals surface area contributed by atoms with Crippen LogP contribution in [0.1, 0.15) is 46.7 Å². The van der Waals surface area contributed by atoms with E-state index in [0.29, 0.717) is 11.9 Å². The summed E-state index contributed by atoms with van der Waals surface area (Å²) in [6.07, 6.45) is 9.60. The molecule has 2 fully saturated rings. The molecule has 2 aliphatic carbocycles. The highest BCUT2D eigenvalue weighted by atomic mass is 16.3. The van der Waals surface area contributed by atoms with E-state index in [1.165, 1.54) is 42.8 Å². The van der Waals surface area contributed by atoms with Crippen LogP contribution < -0.4 is 16.4 Å². The maximum Gasteiger partial charge on any atom is 0.277 e. The lowest BCUT2D eigenvalue weighted by atomic mass is 9.95. The van der Waals surface area contributed by atoms with Gasteiger partial charge in [-0.1, -0.05) is 6.42 Å². The molecule has 10 nitrogen and oxygen atoms in total. The number of pyridine rings is 1. The average molecular weight is 421 g/mol. The Kier molecular flexibility index (Phi) is 4.68. The summed E-state index contributed by atoms with van der Waals surface area (Å²) in [6, 6.07) is 4.13. The van der Waals surface area contributed by atoms with Crippen molar-refractivity contribution in [1.82, 2.24) is 19.7 Å². The van der Waals surface area contributed by atoms with Gasteiger partial charge in [-0.3, -0.25) is 14.3 Å². The minimum absolute atomic E-state index is 0.0231. The normalized spacial score (nSPS) is 21.9. The SMILES string of the molecule is Cn1cc(NC(=O)c2coc(-c3ccnc(NC4CC5CCC4C5)c3)n2)c(C(N)=O)n1. The second-order valence-corrected chi connectivity index (χ2v) is 8.28. The largest absolute Gasteiger partial charge is 0.444 e. The molecule has 160 valence electrons. The summed E-state index contributed by atoms with van der Waals surface area (Å²) in [5.74, 6) is 1.40. The number of nitrogens with zero attached hydrogens (tertiary/aromatic N) is 4. The van der Waals surface area contributed by atoms with Gasteiger partial charge in [0.05, 0.1) is 5.69 Å². The first-order chi connectivity index (χ1) is 15.0. The Balaban J connectivity index is 1.30. The number of fused-ring (bicyclic) bond motifs is 2. The molecular weight excluding hydrogens is 398 g/mol. The Hall–Kier alpha value is -3.69. The molecule has 0 spiro atoms. The summed E-state index contributed by atoms with van der Waals surface area (Å²) < 4.78 is 6.92. The van der Waals surface area contributed by atoms with Crippen molar-refractivity contribution in [3.63, 3.8) is 0 Å². The van der Waals surface area contributed by atoms with Crippen molar-refractivity contribution in [1.29, 1.82) is 0 Å². The third kappa shape index (κ3) is 3.76. The van der Waals surface area contributed by atoms with Gasteiger partial charge >= 0.3 is 0 Å². The number of amides is 2. The fraction of sp³-hybridized carbons (Fsp3) is 0.381. The lowest BCUT2D eigenvalue weighted by Crippen LogP contribution is -2.26. The fourth-order valence-corrected chi connectivity index (χ4v) is 4.71. The number of nitrogens with one attached hydrogen (secondary N) is 2. The molecule has 10 heteroatoms. The third-order valence-corrected chi connectivity index (χ3v) is 6.13. The first kappa shape index (κ1) is 19.3. The van der Waals surface area contributed by atoms with E-state index in [1.54, 1.807) is 19.3 Å². The summed E-state index contributed by atoms with van der Waals surface area (Å²) in [5, 5.41) is 10.1. The van der Waals surface area contributed by atoms with Crippen molar-refractivity contribution in [3.8, 4) is 11.5 Å². The van der Waals surface area contributed by atoms with Gasteiger partial charge in [-0.25, -0.2) is 9.97 Å². The highest BCUT2D eigenvalue weighted by Gasteiger charge is 2.39. The van der Waals surface area contributed by atoms with Crippen LogP contribution in [0.5, 0.6) is 0 Å². The van der Waals surface area contributed by atoms with Gasteiger partial charge in [-0.05, 0) is 43.2 Å². The predicted molar refractivity (Wildman–Crippen MR) is 112 cm³/mol. The number of aromatic nitrogens is 4. The lowest BCUT2D eigenvalue weighted by Gasteiger charge is -2.23. The van der Waals surface area contributed by atoms with Gasteiger partial charge in [0.2, 0.25) is 5.89 Å². The van der Waals surface area contributed by atoms with Crippen LogP contribution in [-0.4, -0.2) is 37.6 Å². The van der Waals surface area contributed by atoms with Crippen LogP contribution in [0.4, 0.5) is 11.5 Å². The van der Waals surface area contributed by atoms with E-state index < -0.39 is 11.8 Å². The van der Waals surface area contributed by atoms with Crippen molar-refractivity contribution in [3.05, 3.63) is 42.2 Å². The van der Waals surface area contributed by atoms with Gasteiger partial charge in [0.25, 0.3) is 11.8 Å². The van der Waals surface area contributed by atoms with Gasteiger partial charge in [-0.15, -0.1) is 0 Å². The fourth-order valence-electron chi connectivity index (χ4n) is 4.71.